The Labute approximate surface area is 81.5 Å². The van der Waals surface area contributed by atoms with Gasteiger partial charge in [0.05, 0.1) is 6.10 Å². The number of hydrogen-bond acceptors (Lipinski definition) is 1. The lowest BCUT2D eigenvalue weighted by Gasteiger charge is -2.37. The average Bonchev–Trinajstić information content (AvgIpc) is 2.36. The minimum absolute atomic E-state index is 0.0498. The second-order valence-electron chi connectivity index (χ2n) is 5.80. The van der Waals surface area contributed by atoms with Crippen LogP contribution in [0.15, 0.2) is 0 Å². The van der Waals surface area contributed by atoms with Gasteiger partial charge < -0.3 is 5.11 Å². The summed E-state index contributed by atoms with van der Waals surface area (Å²) in [5.74, 6) is 1.33. The third kappa shape index (κ3) is 0.869. The molecule has 0 saturated heterocycles. The second-order valence-corrected chi connectivity index (χ2v) is 5.80. The Morgan fingerprint density at radius 2 is 1.92 bits per heavy atom. The second kappa shape index (κ2) is 2.50. The Morgan fingerprint density at radius 3 is 2.23 bits per heavy atom. The quantitative estimate of drug-likeness (QED) is 0.661. The Bertz CT molecular complexity index is 221. The maximum absolute atomic E-state index is 10.3. The van der Waals surface area contributed by atoms with Crippen molar-refractivity contribution in [2.45, 2.75) is 53.1 Å². The summed E-state index contributed by atoms with van der Waals surface area (Å²) in [6, 6.07) is 0. The standard InChI is InChI=1S/C12H22O/c1-5-8-9-6-7-12(4,10(8)13)11(9,2)3/h8-10,13H,5-7H2,1-4H3/t8-,9+,10-,12-/m0/s1. The van der Waals surface area contributed by atoms with E-state index in [1.165, 1.54) is 12.8 Å². The molecule has 2 aliphatic carbocycles. The first kappa shape index (κ1) is 9.51. The zero-order valence-corrected chi connectivity index (χ0v) is 9.30. The summed E-state index contributed by atoms with van der Waals surface area (Å²) in [5, 5.41) is 10.3. The smallest absolute Gasteiger partial charge is 0.0629 e. The van der Waals surface area contributed by atoms with E-state index in [-0.39, 0.29) is 11.5 Å². The zero-order chi connectivity index (χ0) is 9.85. The van der Waals surface area contributed by atoms with Gasteiger partial charge in [-0.15, -0.1) is 0 Å². The normalized spacial score (nSPS) is 52.8. The van der Waals surface area contributed by atoms with Gasteiger partial charge in [0.1, 0.15) is 0 Å². The Kier molecular flexibility index (Phi) is 1.83. The fourth-order valence-electron chi connectivity index (χ4n) is 4.04. The van der Waals surface area contributed by atoms with Gasteiger partial charge in [-0.3, -0.25) is 0 Å². The summed E-state index contributed by atoms with van der Waals surface area (Å²) in [6.07, 6.45) is 3.65. The molecule has 0 spiro atoms. The predicted molar refractivity (Wildman–Crippen MR) is 54.4 cm³/mol. The molecule has 0 radical (unpaired) electrons. The van der Waals surface area contributed by atoms with Gasteiger partial charge >= 0.3 is 0 Å². The van der Waals surface area contributed by atoms with Gasteiger partial charge in [0.15, 0.2) is 0 Å². The van der Waals surface area contributed by atoms with E-state index in [9.17, 15) is 5.11 Å². The van der Waals surface area contributed by atoms with Crippen LogP contribution in [0.2, 0.25) is 0 Å². The van der Waals surface area contributed by atoms with Crippen molar-refractivity contribution in [3.05, 3.63) is 0 Å². The first-order valence-corrected chi connectivity index (χ1v) is 5.63. The molecule has 0 unspecified atom stereocenters. The van der Waals surface area contributed by atoms with Crippen molar-refractivity contribution >= 4 is 0 Å². The highest BCUT2D eigenvalue weighted by atomic mass is 16.3. The highest BCUT2D eigenvalue weighted by Crippen LogP contribution is 2.68. The number of rotatable bonds is 1. The van der Waals surface area contributed by atoms with Crippen molar-refractivity contribution in [1.29, 1.82) is 0 Å². The molecular weight excluding hydrogens is 160 g/mol. The van der Waals surface area contributed by atoms with Gasteiger partial charge in [-0.05, 0) is 35.5 Å². The number of hydrogen-bond donors (Lipinski definition) is 1. The van der Waals surface area contributed by atoms with Crippen molar-refractivity contribution in [1.82, 2.24) is 0 Å². The van der Waals surface area contributed by atoms with Crippen LogP contribution < -0.4 is 0 Å². The predicted octanol–water partition coefficient (Wildman–Crippen LogP) is 2.83. The van der Waals surface area contributed by atoms with Gasteiger partial charge in [-0.1, -0.05) is 34.1 Å². The van der Waals surface area contributed by atoms with Gasteiger partial charge in [-0.2, -0.15) is 0 Å². The van der Waals surface area contributed by atoms with Crippen LogP contribution in [0.4, 0.5) is 0 Å². The molecule has 2 rings (SSSR count). The number of aliphatic hydroxyl groups is 1. The lowest BCUT2D eigenvalue weighted by Crippen LogP contribution is -2.37. The Hall–Kier alpha value is -0.0400. The highest BCUT2D eigenvalue weighted by molar-refractivity contribution is 5.13. The van der Waals surface area contributed by atoms with E-state index in [4.69, 9.17) is 0 Å². The molecule has 4 atom stereocenters. The maximum atomic E-state index is 10.3. The van der Waals surface area contributed by atoms with Crippen LogP contribution >= 0.6 is 0 Å². The molecule has 0 amide bonds. The van der Waals surface area contributed by atoms with E-state index in [1.54, 1.807) is 0 Å². The fraction of sp³-hybridized carbons (Fsp3) is 1.00. The van der Waals surface area contributed by atoms with Crippen molar-refractivity contribution in [2.75, 3.05) is 0 Å². The Balaban J connectivity index is 2.39. The topological polar surface area (TPSA) is 20.2 Å². The molecule has 2 aliphatic rings. The zero-order valence-electron chi connectivity index (χ0n) is 9.30. The highest BCUT2D eigenvalue weighted by Gasteiger charge is 2.64. The van der Waals surface area contributed by atoms with Gasteiger partial charge in [0, 0.05) is 0 Å². The average molecular weight is 182 g/mol. The van der Waals surface area contributed by atoms with Crippen LogP contribution in [0.25, 0.3) is 0 Å². The van der Waals surface area contributed by atoms with Crippen LogP contribution in [0, 0.1) is 22.7 Å². The number of fused-ring (bicyclic) bond motifs is 2. The molecular formula is C12H22O. The van der Waals surface area contributed by atoms with E-state index in [0.717, 1.165) is 12.3 Å². The third-order valence-corrected chi connectivity index (χ3v) is 5.42. The monoisotopic (exact) mass is 182 g/mol. The van der Waals surface area contributed by atoms with Gasteiger partial charge in [-0.25, -0.2) is 0 Å². The van der Waals surface area contributed by atoms with E-state index < -0.39 is 0 Å². The fourth-order valence-corrected chi connectivity index (χ4v) is 4.04. The van der Waals surface area contributed by atoms with Crippen LogP contribution in [0.1, 0.15) is 47.0 Å². The molecule has 1 heteroatoms. The van der Waals surface area contributed by atoms with Crippen molar-refractivity contribution in [2.24, 2.45) is 22.7 Å². The van der Waals surface area contributed by atoms with Crippen molar-refractivity contribution < 1.29 is 5.11 Å². The molecule has 1 N–H and O–H groups in total. The minimum atomic E-state index is -0.0498. The summed E-state index contributed by atoms with van der Waals surface area (Å²) >= 11 is 0. The molecule has 76 valence electrons. The van der Waals surface area contributed by atoms with E-state index >= 15 is 0 Å². The van der Waals surface area contributed by atoms with Crippen LogP contribution in [-0.4, -0.2) is 11.2 Å². The molecule has 2 saturated carbocycles. The van der Waals surface area contributed by atoms with Gasteiger partial charge in [0.2, 0.25) is 0 Å². The summed E-state index contributed by atoms with van der Waals surface area (Å²) in [6.45, 7) is 9.20. The Morgan fingerprint density at radius 1 is 1.31 bits per heavy atom. The molecule has 0 aromatic rings. The molecule has 0 heterocycles. The van der Waals surface area contributed by atoms with Gasteiger partial charge in [0.25, 0.3) is 0 Å². The van der Waals surface area contributed by atoms with Crippen LogP contribution in [0.5, 0.6) is 0 Å². The first-order valence-electron chi connectivity index (χ1n) is 5.63. The lowest BCUT2D eigenvalue weighted by molar-refractivity contribution is -0.0110. The molecule has 0 aliphatic heterocycles. The minimum Gasteiger partial charge on any atom is -0.392 e. The van der Waals surface area contributed by atoms with Crippen LogP contribution in [0.3, 0.4) is 0 Å². The third-order valence-electron chi connectivity index (χ3n) is 5.42. The first-order chi connectivity index (χ1) is 5.95. The van der Waals surface area contributed by atoms with E-state index in [1.807, 2.05) is 0 Å². The molecule has 2 fully saturated rings. The number of aliphatic hydroxyl groups excluding tert-OH is 1. The molecule has 1 nitrogen and oxygen atoms in total. The summed E-state index contributed by atoms with van der Waals surface area (Å²) in [7, 11) is 0. The summed E-state index contributed by atoms with van der Waals surface area (Å²) < 4.78 is 0. The SMILES string of the molecule is CC[C@H]1[C@H]2CC[C@@](C)([C@H]1O)C2(C)C. The largest absolute Gasteiger partial charge is 0.392 e. The van der Waals surface area contributed by atoms with Crippen molar-refractivity contribution in [3.8, 4) is 0 Å². The summed E-state index contributed by atoms with van der Waals surface area (Å²) in [5.41, 5.74) is 0.547. The molecule has 2 bridgehead atoms. The van der Waals surface area contributed by atoms with E-state index in [2.05, 4.69) is 27.7 Å². The lowest BCUT2D eigenvalue weighted by atomic mass is 9.70. The molecule has 0 aromatic carbocycles. The summed E-state index contributed by atoms with van der Waals surface area (Å²) in [4.78, 5) is 0. The molecule has 13 heavy (non-hydrogen) atoms. The molecule has 0 aromatic heterocycles. The van der Waals surface area contributed by atoms with E-state index in [0.29, 0.717) is 11.3 Å². The maximum Gasteiger partial charge on any atom is 0.0629 e. The van der Waals surface area contributed by atoms with Crippen molar-refractivity contribution in [3.63, 3.8) is 0 Å². The van der Waals surface area contributed by atoms with Crippen LogP contribution in [-0.2, 0) is 0 Å².